The second-order valence-corrected chi connectivity index (χ2v) is 3.95. The van der Waals surface area contributed by atoms with E-state index in [0.717, 1.165) is 0 Å². The van der Waals surface area contributed by atoms with Crippen LogP contribution in [0.15, 0.2) is 0 Å². The van der Waals surface area contributed by atoms with Crippen LogP contribution in [0.4, 0.5) is 0 Å². The van der Waals surface area contributed by atoms with Crippen molar-refractivity contribution in [1.82, 2.24) is 4.90 Å². The average molecular weight is 169 g/mol. The summed E-state index contributed by atoms with van der Waals surface area (Å²) in [6, 6.07) is 0. The molecule has 0 amide bonds. The van der Waals surface area contributed by atoms with Crippen molar-refractivity contribution in [1.29, 1.82) is 0 Å². The molecule has 0 radical (unpaired) electrons. The lowest BCUT2D eigenvalue weighted by atomic mass is 11.0. The van der Waals surface area contributed by atoms with Gasteiger partial charge >= 0.3 is 0 Å². The van der Waals surface area contributed by atoms with E-state index in [-0.39, 0.29) is 5.75 Å². The van der Waals surface area contributed by atoms with E-state index in [1.54, 1.807) is 0 Å². The van der Waals surface area contributed by atoms with E-state index in [1.807, 2.05) is 26.0 Å². The second kappa shape index (κ2) is 5.64. The van der Waals surface area contributed by atoms with Gasteiger partial charge in [0.15, 0.2) is 0 Å². The lowest BCUT2D eigenvalue weighted by Gasteiger charge is -1.90. The Morgan fingerprint density at radius 1 is 1.30 bits per heavy atom. The summed E-state index contributed by atoms with van der Waals surface area (Å²) in [5.41, 5.74) is 0. The monoisotopic (exact) mass is 169 g/mol. The summed E-state index contributed by atoms with van der Waals surface area (Å²) < 4.78 is 26.9. The number of rotatable bonds is 1. The Morgan fingerprint density at radius 3 is 1.40 bits per heavy atom. The Bertz CT molecular complexity index is 148. The summed E-state index contributed by atoms with van der Waals surface area (Å²) in [6.45, 7) is 1.37. The largest absolute Gasteiger partial charge is 0.312 e. The van der Waals surface area contributed by atoms with Crippen LogP contribution in [-0.2, 0) is 10.1 Å². The van der Waals surface area contributed by atoms with Gasteiger partial charge in [0.2, 0.25) is 0 Å². The molecule has 10 heavy (non-hydrogen) atoms. The molecule has 0 saturated carbocycles. The van der Waals surface area contributed by atoms with Gasteiger partial charge in [0, 0.05) is 0 Å². The maximum Gasteiger partial charge on any atom is 0.264 e. The molecule has 0 saturated heterocycles. The fraction of sp³-hybridized carbons (Fsp3) is 1.00. The molecule has 4 nitrogen and oxygen atoms in total. The molecule has 1 N–H and O–H groups in total. The molecule has 0 rings (SSSR count). The molecule has 0 bridgehead atoms. The van der Waals surface area contributed by atoms with Crippen LogP contribution in [0.2, 0.25) is 0 Å². The fourth-order valence-corrected chi connectivity index (χ4v) is 0. The van der Waals surface area contributed by atoms with Crippen molar-refractivity contribution in [2.75, 3.05) is 26.9 Å². The fourth-order valence-electron chi connectivity index (χ4n) is 0. The first kappa shape index (κ1) is 12.5. The van der Waals surface area contributed by atoms with Crippen molar-refractivity contribution in [3.05, 3.63) is 0 Å². The normalized spacial score (nSPS) is 10.6. The van der Waals surface area contributed by atoms with Crippen LogP contribution >= 0.6 is 0 Å². The van der Waals surface area contributed by atoms with Gasteiger partial charge in [-0.2, -0.15) is 8.42 Å². The smallest absolute Gasteiger partial charge is 0.264 e. The quantitative estimate of drug-likeness (QED) is 0.564. The summed E-state index contributed by atoms with van der Waals surface area (Å²) in [6.07, 6.45) is 0. The van der Waals surface area contributed by atoms with E-state index in [9.17, 15) is 8.42 Å². The maximum absolute atomic E-state index is 9.56. The van der Waals surface area contributed by atoms with Crippen LogP contribution in [0.25, 0.3) is 0 Å². The van der Waals surface area contributed by atoms with Gasteiger partial charge in [0.05, 0.1) is 5.75 Å². The molecule has 0 aliphatic rings. The minimum absolute atomic E-state index is 0.201. The van der Waals surface area contributed by atoms with Gasteiger partial charge in [-0.05, 0) is 28.1 Å². The first-order valence-corrected chi connectivity index (χ1v) is 4.46. The van der Waals surface area contributed by atoms with E-state index >= 15 is 0 Å². The molecule has 0 spiro atoms. The van der Waals surface area contributed by atoms with Gasteiger partial charge < -0.3 is 4.90 Å². The predicted molar refractivity (Wildman–Crippen MR) is 41.7 cm³/mol. The SMILES string of the molecule is CCS(=O)(=O)O.CN(C)C. The summed E-state index contributed by atoms with van der Waals surface area (Å²) >= 11 is 0. The topological polar surface area (TPSA) is 57.6 Å². The molecule has 0 aliphatic carbocycles. The van der Waals surface area contributed by atoms with Gasteiger partial charge in [0.1, 0.15) is 0 Å². The van der Waals surface area contributed by atoms with Gasteiger partial charge in [-0.1, -0.05) is 0 Å². The number of hydrogen-bond donors (Lipinski definition) is 1. The average Bonchev–Trinajstić information content (AvgIpc) is 1.63. The van der Waals surface area contributed by atoms with Crippen LogP contribution in [0.3, 0.4) is 0 Å². The zero-order valence-corrected chi connectivity index (χ0v) is 7.64. The van der Waals surface area contributed by atoms with Crippen LogP contribution in [0.1, 0.15) is 6.92 Å². The molecule has 64 valence electrons. The highest BCUT2D eigenvalue weighted by molar-refractivity contribution is 7.85. The van der Waals surface area contributed by atoms with Crippen LogP contribution in [-0.4, -0.2) is 44.8 Å². The molecular weight excluding hydrogens is 154 g/mol. The number of hydrogen-bond acceptors (Lipinski definition) is 3. The minimum atomic E-state index is -3.66. The first-order valence-electron chi connectivity index (χ1n) is 2.85. The lowest BCUT2D eigenvalue weighted by molar-refractivity contribution is 0.484. The molecule has 0 heterocycles. The highest BCUT2D eigenvalue weighted by atomic mass is 32.2. The van der Waals surface area contributed by atoms with Gasteiger partial charge in [0.25, 0.3) is 10.1 Å². The third-order valence-corrected chi connectivity index (χ3v) is 1.09. The van der Waals surface area contributed by atoms with E-state index in [2.05, 4.69) is 0 Å². The molecule has 0 fully saturated rings. The Hall–Kier alpha value is -0.130. The second-order valence-electron chi connectivity index (χ2n) is 2.21. The summed E-state index contributed by atoms with van der Waals surface area (Å²) in [5, 5.41) is 0. The zero-order valence-electron chi connectivity index (χ0n) is 6.83. The Labute approximate surface area is 62.6 Å². The van der Waals surface area contributed by atoms with Crippen molar-refractivity contribution < 1.29 is 13.0 Å². The van der Waals surface area contributed by atoms with Crippen LogP contribution in [0, 0.1) is 0 Å². The third-order valence-electron chi connectivity index (χ3n) is 0.365. The van der Waals surface area contributed by atoms with Gasteiger partial charge in [-0.3, -0.25) is 4.55 Å². The lowest BCUT2D eigenvalue weighted by Crippen LogP contribution is -1.99. The number of nitrogens with zero attached hydrogens (tertiary/aromatic N) is 1. The summed E-state index contributed by atoms with van der Waals surface area (Å²) in [7, 11) is 2.34. The molecule has 0 unspecified atom stereocenters. The van der Waals surface area contributed by atoms with Crippen molar-refractivity contribution >= 4 is 10.1 Å². The predicted octanol–water partition coefficient (Wildman–Crippen LogP) is 0.0719. The van der Waals surface area contributed by atoms with Crippen molar-refractivity contribution in [3.8, 4) is 0 Å². The van der Waals surface area contributed by atoms with E-state index in [0.29, 0.717) is 0 Å². The van der Waals surface area contributed by atoms with E-state index in [4.69, 9.17) is 4.55 Å². The first-order chi connectivity index (χ1) is 4.29. The molecule has 0 aromatic carbocycles. The summed E-state index contributed by atoms with van der Waals surface area (Å²) in [4.78, 5) is 2.00. The van der Waals surface area contributed by atoms with Crippen LogP contribution < -0.4 is 0 Å². The van der Waals surface area contributed by atoms with Crippen molar-refractivity contribution in [3.63, 3.8) is 0 Å². The maximum atomic E-state index is 9.56. The van der Waals surface area contributed by atoms with E-state index < -0.39 is 10.1 Å². The third kappa shape index (κ3) is 45.1. The van der Waals surface area contributed by atoms with Crippen LogP contribution in [0.5, 0.6) is 0 Å². The Balaban J connectivity index is 0. The molecule has 0 atom stereocenters. The zero-order chi connectivity index (χ0) is 8.78. The molecule has 5 heteroatoms. The van der Waals surface area contributed by atoms with E-state index in [1.165, 1.54) is 6.92 Å². The standard InChI is InChI=1S/C3H9N.C2H6O3S/c1-4(2)3;1-2-6(3,4)5/h1-3H3;2H2,1H3,(H,3,4,5). The van der Waals surface area contributed by atoms with Crippen molar-refractivity contribution in [2.45, 2.75) is 6.92 Å². The van der Waals surface area contributed by atoms with Crippen molar-refractivity contribution in [2.24, 2.45) is 0 Å². The molecule has 0 aliphatic heterocycles. The van der Waals surface area contributed by atoms with Gasteiger partial charge in [-0.15, -0.1) is 0 Å². The molecule has 0 aromatic heterocycles. The molecular formula is C5H15NO3S. The summed E-state index contributed by atoms with van der Waals surface area (Å²) in [5.74, 6) is -0.201. The minimum Gasteiger partial charge on any atom is -0.312 e. The Kier molecular flexibility index (Phi) is 7.07. The highest BCUT2D eigenvalue weighted by Gasteiger charge is 1.93. The molecule has 0 aromatic rings. The van der Waals surface area contributed by atoms with Gasteiger partial charge in [-0.25, -0.2) is 0 Å². The highest BCUT2D eigenvalue weighted by Crippen LogP contribution is 1.74. The Morgan fingerprint density at radius 2 is 1.40 bits per heavy atom.